The van der Waals surface area contributed by atoms with Crippen LogP contribution in [0.1, 0.15) is 30.9 Å². The summed E-state index contributed by atoms with van der Waals surface area (Å²) in [7, 11) is -3.59. The molecule has 0 aromatic carbocycles. The molecule has 3 saturated heterocycles. The highest BCUT2D eigenvalue weighted by Crippen LogP contribution is 2.38. The van der Waals surface area contributed by atoms with Gasteiger partial charge in [0.1, 0.15) is 16.8 Å². The van der Waals surface area contributed by atoms with E-state index in [1.54, 1.807) is 22.6 Å². The number of sulfonamides is 1. The number of aromatic nitrogens is 3. The van der Waals surface area contributed by atoms with Gasteiger partial charge in [0.2, 0.25) is 15.9 Å². The Kier molecular flexibility index (Phi) is 5.88. The minimum absolute atomic E-state index is 0.0109. The second kappa shape index (κ2) is 9.03. The van der Waals surface area contributed by atoms with Crippen molar-refractivity contribution in [2.75, 3.05) is 57.4 Å². The van der Waals surface area contributed by atoms with E-state index < -0.39 is 10.0 Å². The zero-order chi connectivity index (χ0) is 23.1. The van der Waals surface area contributed by atoms with Crippen LogP contribution in [0.5, 0.6) is 5.88 Å². The molecule has 0 bridgehead atoms. The van der Waals surface area contributed by atoms with E-state index in [-0.39, 0.29) is 17.0 Å². The van der Waals surface area contributed by atoms with Crippen molar-refractivity contribution in [2.45, 2.75) is 42.2 Å². The van der Waals surface area contributed by atoms with Gasteiger partial charge in [-0.3, -0.25) is 9.88 Å². The van der Waals surface area contributed by atoms with Crippen molar-refractivity contribution in [3.05, 3.63) is 36.4 Å². The van der Waals surface area contributed by atoms with Crippen LogP contribution in [-0.4, -0.2) is 97.2 Å². The molecule has 11 heteroatoms. The van der Waals surface area contributed by atoms with Gasteiger partial charge in [0.25, 0.3) is 0 Å². The van der Waals surface area contributed by atoms with Crippen LogP contribution in [0.25, 0.3) is 0 Å². The molecule has 2 atom stereocenters. The Morgan fingerprint density at radius 1 is 0.941 bits per heavy atom. The first kappa shape index (κ1) is 22.1. The maximum atomic E-state index is 13.3. The zero-order valence-corrected chi connectivity index (χ0v) is 19.9. The minimum Gasteiger partial charge on any atom is -0.472 e. The van der Waals surface area contributed by atoms with Gasteiger partial charge < -0.3 is 14.4 Å². The molecule has 3 aliphatic heterocycles. The molecule has 4 aliphatic rings. The molecule has 1 saturated carbocycles. The number of piperazine rings is 1. The summed E-state index contributed by atoms with van der Waals surface area (Å²) in [5.41, 5.74) is 1.05. The van der Waals surface area contributed by atoms with Crippen molar-refractivity contribution in [3.8, 4) is 5.88 Å². The minimum atomic E-state index is -3.59. The van der Waals surface area contributed by atoms with E-state index in [0.717, 1.165) is 37.6 Å². The summed E-state index contributed by atoms with van der Waals surface area (Å²) in [4.78, 5) is 18.0. The normalized spacial score (nSPS) is 26.4. The Labute approximate surface area is 200 Å². The van der Waals surface area contributed by atoms with E-state index in [9.17, 15) is 8.42 Å². The van der Waals surface area contributed by atoms with Gasteiger partial charge in [0.15, 0.2) is 0 Å². The van der Waals surface area contributed by atoms with Gasteiger partial charge in [-0.25, -0.2) is 18.4 Å². The third-order valence-electron chi connectivity index (χ3n) is 7.17. The molecular formula is C23H30N6O4S. The smallest absolute Gasteiger partial charge is 0.244 e. The third-order valence-corrected chi connectivity index (χ3v) is 9.01. The van der Waals surface area contributed by atoms with Gasteiger partial charge in [-0.15, -0.1) is 0 Å². The first-order chi connectivity index (χ1) is 16.6. The van der Waals surface area contributed by atoms with E-state index in [2.05, 4.69) is 24.8 Å². The van der Waals surface area contributed by atoms with Crippen molar-refractivity contribution >= 4 is 15.8 Å². The standard InChI is InChI=1S/C23H30N6O4S/c30-34(31,20-3-4-22(25-12-20)27-7-9-32-10-8-27)29-6-5-28-16-19(11-18(28)15-29)33-23-14-24-21(13-26-23)17-1-2-17/h3-4,12-14,17-19H,1-2,5-11,15-16H2/t18-,19-/m0/s1. The Morgan fingerprint density at radius 2 is 1.79 bits per heavy atom. The molecule has 5 heterocycles. The number of hydrogen-bond donors (Lipinski definition) is 0. The number of anilines is 1. The number of fused-ring (bicyclic) bond motifs is 1. The highest BCUT2D eigenvalue weighted by molar-refractivity contribution is 7.89. The summed E-state index contributed by atoms with van der Waals surface area (Å²) in [6.07, 6.45) is 8.17. The second-order valence-electron chi connectivity index (χ2n) is 9.49. The molecule has 0 amide bonds. The molecule has 34 heavy (non-hydrogen) atoms. The summed E-state index contributed by atoms with van der Waals surface area (Å²) >= 11 is 0. The number of rotatable bonds is 6. The second-order valence-corrected chi connectivity index (χ2v) is 11.4. The Hall–Kier alpha value is -2.34. The largest absolute Gasteiger partial charge is 0.472 e. The molecule has 1 aliphatic carbocycles. The van der Waals surface area contributed by atoms with Crippen LogP contribution in [0.4, 0.5) is 5.82 Å². The fraction of sp³-hybridized carbons (Fsp3) is 0.609. The predicted octanol–water partition coefficient (Wildman–Crippen LogP) is 1.11. The SMILES string of the molecule is O=S(=O)(c1ccc(N2CCOCC2)nc1)N1CCN2C[C@@H](Oc3cnc(C4CC4)cn3)C[C@H]2C1. The Balaban J connectivity index is 1.08. The fourth-order valence-corrected chi connectivity index (χ4v) is 6.49. The molecule has 0 radical (unpaired) electrons. The number of pyridine rings is 1. The lowest BCUT2D eigenvalue weighted by molar-refractivity contribution is 0.122. The first-order valence-electron chi connectivity index (χ1n) is 12.1. The lowest BCUT2D eigenvalue weighted by atomic mass is 10.2. The lowest BCUT2D eigenvalue weighted by Gasteiger charge is -2.36. The Morgan fingerprint density at radius 3 is 2.50 bits per heavy atom. The van der Waals surface area contributed by atoms with E-state index in [0.29, 0.717) is 44.6 Å². The van der Waals surface area contributed by atoms with Crippen LogP contribution < -0.4 is 9.64 Å². The number of morpholine rings is 1. The van der Waals surface area contributed by atoms with Gasteiger partial charge in [0, 0.05) is 63.8 Å². The highest BCUT2D eigenvalue weighted by atomic mass is 32.2. The van der Waals surface area contributed by atoms with Crippen LogP contribution in [0.2, 0.25) is 0 Å². The van der Waals surface area contributed by atoms with Crippen molar-refractivity contribution in [1.29, 1.82) is 0 Å². The molecule has 0 N–H and O–H groups in total. The van der Waals surface area contributed by atoms with Crippen LogP contribution in [0.3, 0.4) is 0 Å². The molecule has 6 rings (SSSR count). The Bertz CT molecular complexity index is 1100. The topological polar surface area (TPSA) is 101 Å². The summed E-state index contributed by atoms with van der Waals surface area (Å²) in [5.74, 6) is 1.90. The summed E-state index contributed by atoms with van der Waals surface area (Å²) < 4.78 is 39.7. The third kappa shape index (κ3) is 4.49. The molecule has 0 spiro atoms. The fourth-order valence-electron chi connectivity index (χ4n) is 5.07. The van der Waals surface area contributed by atoms with Crippen LogP contribution in [0.15, 0.2) is 35.6 Å². The maximum Gasteiger partial charge on any atom is 0.244 e. The van der Waals surface area contributed by atoms with Crippen LogP contribution in [0, 0.1) is 0 Å². The molecule has 0 unspecified atom stereocenters. The van der Waals surface area contributed by atoms with Crippen molar-refractivity contribution in [1.82, 2.24) is 24.2 Å². The zero-order valence-electron chi connectivity index (χ0n) is 19.1. The van der Waals surface area contributed by atoms with Crippen LogP contribution >= 0.6 is 0 Å². The summed E-state index contributed by atoms with van der Waals surface area (Å²) in [6.45, 7) is 5.25. The summed E-state index contributed by atoms with van der Waals surface area (Å²) in [6, 6.07) is 3.60. The highest BCUT2D eigenvalue weighted by Gasteiger charge is 2.41. The van der Waals surface area contributed by atoms with Crippen molar-refractivity contribution in [3.63, 3.8) is 0 Å². The predicted molar refractivity (Wildman–Crippen MR) is 124 cm³/mol. The number of ether oxygens (including phenoxy) is 2. The average molecular weight is 487 g/mol. The van der Waals surface area contributed by atoms with Crippen molar-refractivity contribution < 1.29 is 17.9 Å². The monoisotopic (exact) mass is 486 g/mol. The molecule has 4 fully saturated rings. The van der Waals surface area contributed by atoms with Gasteiger partial charge in [-0.2, -0.15) is 4.31 Å². The molecule has 2 aromatic rings. The molecular weight excluding hydrogens is 456 g/mol. The van der Waals surface area contributed by atoms with Crippen molar-refractivity contribution in [2.24, 2.45) is 0 Å². The number of hydrogen-bond acceptors (Lipinski definition) is 9. The van der Waals surface area contributed by atoms with E-state index in [1.165, 1.54) is 19.0 Å². The first-order valence-corrected chi connectivity index (χ1v) is 13.5. The molecule has 182 valence electrons. The van der Waals surface area contributed by atoms with Gasteiger partial charge >= 0.3 is 0 Å². The average Bonchev–Trinajstić information content (AvgIpc) is 3.64. The van der Waals surface area contributed by atoms with Crippen LogP contribution in [-0.2, 0) is 14.8 Å². The lowest BCUT2D eigenvalue weighted by Crippen LogP contribution is -2.51. The van der Waals surface area contributed by atoms with Gasteiger partial charge in [-0.05, 0) is 25.0 Å². The quantitative estimate of drug-likeness (QED) is 0.594. The van der Waals surface area contributed by atoms with E-state index in [4.69, 9.17) is 9.47 Å². The molecule has 10 nitrogen and oxygen atoms in total. The van der Waals surface area contributed by atoms with Gasteiger partial charge in [-0.1, -0.05) is 0 Å². The maximum absolute atomic E-state index is 13.3. The van der Waals surface area contributed by atoms with E-state index >= 15 is 0 Å². The van der Waals surface area contributed by atoms with E-state index in [1.807, 2.05) is 6.20 Å². The number of nitrogens with zero attached hydrogens (tertiary/aromatic N) is 6. The van der Waals surface area contributed by atoms with Gasteiger partial charge in [0.05, 0.1) is 31.3 Å². The molecule has 2 aromatic heterocycles. The summed E-state index contributed by atoms with van der Waals surface area (Å²) in [5, 5.41) is 0.